The summed E-state index contributed by atoms with van der Waals surface area (Å²) in [6, 6.07) is 2.66. The summed E-state index contributed by atoms with van der Waals surface area (Å²) in [5, 5.41) is 10.8. The normalized spacial score (nSPS) is 32.6. The Kier molecular flexibility index (Phi) is 3.45. The molecule has 100 valence electrons. The summed E-state index contributed by atoms with van der Waals surface area (Å²) in [5.41, 5.74) is -1.13. The number of benzene rings is 1. The molecule has 18 heavy (non-hydrogen) atoms. The predicted molar refractivity (Wildman–Crippen MR) is 67.2 cm³/mol. The summed E-state index contributed by atoms with van der Waals surface area (Å²) in [5.74, 6) is -1.08. The van der Waals surface area contributed by atoms with Gasteiger partial charge in [-0.1, -0.05) is 26.3 Å². The highest BCUT2D eigenvalue weighted by Gasteiger charge is 2.44. The third kappa shape index (κ3) is 2.05. The van der Waals surface area contributed by atoms with Gasteiger partial charge in [0, 0.05) is 0 Å². The summed E-state index contributed by atoms with van der Waals surface area (Å²) in [4.78, 5) is 0. The van der Waals surface area contributed by atoms with E-state index in [1.807, 2.05) is 13.8 Å². The molecule has 0 radical (unpaired) electrons. The van der Waals surface area contributed by atoms with Crippen LogP contribution in [0.2, 0.25) is 0 Å². The van der Waals surface area contributed by atoms with E-state index < -0.39 is 17.2 Å². The maximum Gasteiger partial charge on any atom is 0.135 e. The lowest BCUT2D eigenvalue weighted by molar-refractivity contribution is -0.0678. The number of aryl methyl sites for hydroxylation is 1. The minimum atomic E-state index is -1.38. The third-order valence-corrected chi connectivity index (χ3v) is 4.28. The number of halogens is 2. The molecule has 3 atom stereocenters. The highest BCUT2D eigenvalue weighted by atomic mass is 19.1. The van der Waals surface area contributed by atoms with Crippen LogP contribution < -0.4 is 0 Å². The fourth-order valence-electron chi connectivity index (χ4n) is 3.01. The van der Waals surface area contributed by atoms with E-state index in [1.165, 1.54) is 12.1 Å². The van der Waals surface area contributed by atoms with Gasteiger partial charge in [0.25, 0.3) is 0 Å². The van der Waals surface area contributed by atoms with E-state index in [0.29, 0.717) is 12.0 Å². The van der Waals surface area contributed by atoms with Crippen LogP contribution in [-0.2, 0) is 5.60 Å². The first-order valence-corrected chi connectivity index (χ1v) is 6.53. The zero-order valence-electron chi connectivity index (χ0n) is 11.1. The van der Waals surface area contributed by atoms with E-state index in [4.69, 9.17) is 0 Å². The Labute approximate surface area is 107 Å². The lowest BCUT2D eigenvalue weighted by atomic mass is 9.68. The number of hydrogen-bond acceptors (Lipinski definition) is 1. The molecule has 1 aliphatic carbocycles. The van der Waals surface area contributed by atoms with Crippen molar-refractivity contribution in [3.8, 4) is 0 Å². The van der Waals surface area contributed by atoms with E-state index in [2.05, 4.69) is 0 Å². The molecule has 1 N–H and O–H groups in total. The topological polar surface area (TPSA) is 20.2 Å². The molecule has 1 saturated carbocycles. The first-order valence-electron chi connectivity index (χ1n) is 6.53. The predicted octanol–water partition coefficient (Wildman–Crippen LogP) is 3.92. The summed E-state index contributed by atoms with van der Waals surface area (Å²) in [7, 11) is 0. The zero-order valence-corrected chi connectivity index (χ0v) is 11.1. The number of hydrogen-bond donors (Lipinski definition) is 1. The van der Waals surface area contributed by atoms with Crippen molar-refractivity contribution < 1.29 is 13.9 Å². The van der Waals surface area contributed by atoms with Crippen molar-refractivity contribution in [3.63, 3.8) is 0 Å². The Morgan fingerprint density at radius 2 is 1.89 bits per heavy atom. The van der Waals surface area contributed by atoms with Crippen LogP contribution in [0.25, 0.3) is 0 Å². The molecular formula is C15H20F2O. The van der Waals surface area contributed by atoms with Crippen LogP contribution >= 0.6 is 0 Å². The second-order valence-electron chi connectivity index (χ2n) is 5.77. The van der Waals surface area contributed by atoms with Crippen LogP contribution in [0.15, 0.2) is 12.1 Å². The van der Waals surface area contributed by atoms with Crippen LogP contribution in [-0.4, -0.2) is 5.11 Å². The average molecular weight is 254 g/mol. The van der Waals surface area contributed by atoms with E-state index >= 15 is 0 Å². The third-order valence-electron chi connectivity index (χ3n) is 4.28. The first kappa shape index (κ1) is 13.5. The Balaban J connectivity index is 2.55. The lowest BCUT2D eigenvalue weighted by Gasteiger charge is -2.41. The van der Waals surface area contributed by atoms with Crippen LogP contribution in [0.4, 0.5) is 8.78 Å². The van der Waals surface area contributed by atoms with Crippen molar-refractivity contribution >= 4 is 0 Å². The average Bonchev–Trinajstić information content (AvgIpc) is 2.30. The molecule has 3 unspecified atom stereocenters. The molecule has 1 aromatic rings. The van der Waals surface area contributed by atoms with Crippen LogP contribution in [0.5, 0.6) is 0 Å². The minimum Gasteiger partial charge on any atom is -0.385 e. The molecule has 0 heterocycles. The van der Waals surface area contributed by atoms with Gasteiger partial charge < -0.3 is 5.11 Å². The first-order chi connectivity index (χ1) is 8.36. The molecule has 2 rings (SSSR count). The SMILES string of the molecule is Cc1ccc(F)c(C2(O)CC(C)CCC2C)c1F. The summed E-state index contributed by atoms with van der Waals surface area (Å²) >= 11 is 0. The molecule has 1 aliphatic rings. The van der Waals surface area contributed by atoms with Crippen LogP contribution in [0.3, 0.4) is 0 Å². The fraction of sp³-hybridized carbons (Fsp3) is 0.600. The van der Waals surface area contributed by atoms with Gasteiger partial charge in [0.05, 0.1) is 11.2 Å². The van der Waals surface area contributed by atoms with Gasteiger partial charge >= 0.3 is 0 Å². The molecule has 0 spiro atoms. The highest BCUT2D eigenvalue weighted by molar-refractivity contribution is 5.32. The number of rotatable bonds is 1. The molecular weight excluding hydrogens is 234 g/mol. The zero-order chi connectivity index (χ0) is 13.5. The summed E-state index contributed by atoms with van der Waals surface area (Å²) in [6.45, 7) is 5.48. The lowest BCUT2D eigenvalue weighted by Crippen LogP contribution is -2.40. The van der Waals surface area contributed by atoms with Crippen molar-refractivity contribution in [2.75, 3.05) is 0 Å². The summed E-state index contributed by atoms with van der Waals surface area (Å²) < 4.78 is 28.2. The Morgan fingerprint density at radius 3 is 2.56 bits per heavy atom. The van der Waals surface area contributed by atoms with Crippen molar-refractivity contribution in [2.45, 2.75) is 45.6 Å². The molecule has 3 heteroatoms. The van der Waals surface area contributed by atoms with Gasteiger partial charge in [-0.25, -0.2) is 8.78 Å². The molecule has 0 saturated heterocycles. The van der Waals surface area contributed by atoms with Gasteiger partial charge in [0.15, 0.2) is 0 Å². The minimum absolute atomic E-state index is 0.125. The van der Waals surface area contributed by atoms with Crippen LogP contribution in [0, 0.1) is 30.4 Å². The van der Waals surface area contributed by atoms with Gasteiger partial charge in [-0.3, -0.25) is 0 Å². The molecule has 0 aliphatic heterocycles. The van der Waals surface area contributed by atoms with Crippen LogP contribution in [0.1, 0.15) is 44.2 Å². The van der Waals surface area contributed by atoms with Gasteiger partial charge in [0.1, 0.15) is 11.6 Å². The molecule has 0 aromatic heterocycles. The van der Waals surface area contributed by atoms with E-state index in [-0.39, 0.29) is 17.4 Å². The Hall–Kier alpha value is -0.960. The molecule has 1 aromatic carbocycles. The molecule has 1 nitrogen and oxygen atoms in total. The maximum absolute atomic E-state index is 14.2. The van der Waals surface area contributed by atoms with Gasteiger partial charge in [0.2, 0.25) is 0 Å². The second-order valence-corrected chi connectivity index (χ2v) is 5.77. The summed E-state index contributed by atoms with van der Waals surface area (Å²) in [6.07, 6.45) is 2.22. The van der Waals surface area contributed by atoms with E-state index in [0.717, 1.165) is 12.8 Å². The monoisotopic (exact) mass is 254 g/mol. The fourth-order valence-corrected chi connectivity index (χ4v) is 3.01. The maximum atomic E-state index is 14.2. The van der Waals surface area contributed by atoms with Crippen molar-refractivity contribution in [1.29, 1.82) is 0 Å². The standard InChI is InChI=1S/C15H20F2O/c1-9-4-6-11(3)15(18,8-9)13-12(16)7-5-10(2)14(13)17/h5,7,9,11,18H,4,6,8H2,1-3H3. The van der Waals surface area contributed by atoms with Crippen molar-refractivity contribution in [1.82, 2.24) is 0 Å². The van der Waals surface area contributed by atoms with Crippen molar-refractivity contribution in [3.05, 3.63) is 34.9 Å². The van der Waals surface area contributed by atoms with Gasteiger partial charge in [-0.2, -0.15) is 0 Å². The van der Waals surface area contributed by atoms with E-state index in [1.54, 1.807) is 6.92 Å². The van der Waals surface area contributed by atoms with Crippen molar-refractivity contribution in [2.24, 2.45) is 11.8 Å². The molecule has 0 bridgehead atoms. The largest absolute Gasteiger partial charge is 0.385 e. The Morgan fingerprint density at radius 1 is 1.22 bits per heavy atom. The molecule has 1 fully saturated rings. The molecule has 0 amide bonds. The van der Waals surface area contributed by atoms with Gasteiger partial charge in [-0.15, -0.1) is 0 Å². The quantitative estimate of drug-likeness (QED) is 0.805. The number of aliphatic hydroxyl groups is 1. The second kappa shape index (κ2) is 4.61. The van der Waals surface area contributed by atoms with E-state index in [9.17, 15) is 13.9 Å². The van der Waals surface area contributed by atoms with Gasteiger partial charge in [-0.05, 0) is 43.2 Å². The smallest absolute Gasteiger partial charge is 0.135 e. The highest BCUT2D eigenvalue weighted by Crippen LogP contribution is 2.45. The Bertz CT molecular complexity index is 458.